The Balaban J connectivity index is 1.53. The van der Waals surface area contributed by atoms with Crippen LogP contribution in [0.25, 0.3) is 5.69 Å². The van der Waals surface area contributed by atoms with Gasteiger partial charge in [-0.2, -0.15) is 0 Å². The van der Waals surface area contributed by atoms with Crippen molar-refractivity contribution < 1.29 is 14.5 Å². The summed E-state index contributed by atoms with van der Waals surface area (Å²) in [6.07, 6.45) is 0. The van der Waals surface area contributed by atoms with E-state index < -0.39 is 10.8 Å². The van der Waals surface area contributed by atoms with Gasteiger partial charge in [0, 0.05) is 17.2 Å². The number of thioether (sulfide) groups is 2. The predicted molar refractivity (Wildman–Crippen MR) is 155 cm³/mol. The fraction of sp³-hybridized carbons (Fsp3) is 0.280. The number of carbonyl (C=O) groups excluding carboxylic acids is 2. The van der Waals surface area contributed by atoms with Crippen LogP contribution in [0.15, 0.2) is 45.9 Å². The number of nitrogens with one attached hydrogen (secondary N) is 2. The fourth-order valence-corrected chi connectivity index (χ4v) is 6.09. The molecule has 0 fully saturated rings. The largest absolute Gasteiger partial charge is 0.345 e. The second-order valence-corrected chi connectivity index (χ2v) is 12.0. The number of rotatable bonds is 11. The average Bonchev–Trinajstić information content (AvgIpc) is 3.54. The van der Waals surface area contributed by atoms with Gasteiger partial charge in [0.1, 0.15) is 0 Å². The van der Waals surface area contributed by atoms with Crippen LogP contribution in [-0.2, 0) is 11.3 Å². The number of hydrogen-bond acceptors (Lipinski definition) is 11. The maximum Gasteiger partial charge on any atom is 0.273 e. The van der Waals surface area contributed by atoms with Crippen LogP contribution < -0.4 is 10.6 Å². The van der Waals surface area contributed by atoms with Crippen LogP contribution in [0.3, 0.4) is 0 Å². The average molecular weight is 599 g/mol. The van der Waals surface area contributed by atoms with Gasteiger partial charge in [-0.3, -0.25) is 29.6 Å². The minimum absolute atomic E-state index is 0.0102. The number of anilines is 1. The van der Waals surface area contributed by atoms with Gasteiger partial charge in [-0.15, -0.1) is 20.4 Å². The van der Waals surface area contributed by atoms with E-state index in [1.807, 2.05) is 39.0 Å². The minimum atomic E-state index is -0.517. The van der Waals surface area contributed by atoms with E-state index in [0.29, 0.717) is 21.7 Å². The Hall–Kier alpha value is -3.82. The molecule has 0 spiro atoms. The molecule has 2 heterocycles. The molecule has 0 radical (unpaired) electrons. The van der Waals surface area contributed by atoms with E-state index in [4.69, 9.17) is 0 Å². The van der Waals surface area contributed by atoms with E-state index in [2.05, 4.69) is 31.0 Å². The summed E-state index contributed by atoms with van der Waals surface area (Å²) in [6.45, 7) is 7.60. The summed E-state index contributed by atoms with van der Waals surface area (Å²) in [6, 6.07) is 10.1. The number of aromatic nitrogens is 5. The van der Waals surface area contributed by atoms with E-state index in [0.717, 1.165) is 26.9 Å². The van der Waals surface area contributed by atoms with Crippen molar-refractivity contribution in [2.45, 2.75) is 43.7 Å². The van der Waals surface area contributed by atoms with Crippen molar-refractivity contribution in [3.63, 3.8) is 0 Å². The van der Waals surface area contributed by atoms with Crippen LogP contribution in [0.2, 0.25) is 0 Å². The van der Waals surface area contributed by atoms with Gasteiger partial charge >= 0.3 is 0 Å². The molecule has 0 unspecified atom stereocenters. The van der Waals surface area contributed by atoms with Crippen LogP contribution in [0.1, 0.15) is 39.8 Å². The Morgan fingerprint density at radius 1 is 1.05 bits per heavy atom. The Morgan fingerprint density at radius 2 is 1.85 bits per heavy atom. The van der Waals surface area contributed by atoms with Crippen molar-refractivity contribution in [3.8, 4) is 5.69 Å². The maximum atomic E-state index is 12.9. The Labute approximate surface area is 242 Å². The standard InChI is InChI=1S/C25H26N8O4S3/c1-5-38-25-31-29-23(40-25)27-21(34)13-39-24-30-28-20(32(24)18-8-6-7-14(2)16(18)4)12-26-22(35)17-10-9-15(3)19(11-17)33(36)37/h6-11H,5,12-13H2,1-4H3,(H,26,35)(H,27,29,34). The fourth-order valence-electron chi connectivity index (χ4n) is 3.66. The molecule has 2 amide bonds. The molecule has 0 saturated carbocycles. The van der Waals surface area contributed by atoms with Crippen LogP contribution >= 0.6 is 34.9 Å². The zero-order chi connectivity index (χ0) is 28.8. The molecule has 2 aromatic carbocycles. The highest BCUT2D eigenvalue weighted by atomic mass is 32.2. The molecule has 0 atom stereocenters. The van der Waals surface area contributed by atoms with Crippen molar-refractivity contribution in [3.05, 3.63) is 74.6 Å². The van der Waals surface area contributed by atoms with Gasteiger partial charge in [0.2, 0.25) is 11.0 Å². The zero-order valence-corrected chi connectivity index (χ0v) is 24.6. The van der Waals surface area contributed by atoms with Crippen LogP contribution in [0, 0.1) is 30.9 Å². The number of carbonyl (C=O) groups is 2. The second kappa shape index (κ2) is 13.0. The lowest BCUT2D eigenvalue weighted by Gasteiger charge is -2.14. The summed E-state index contributed by atoms with van der Waals surface area (Å²) in [5.74, 6) is 0.612. The van der Waals surface area contributed by atoms with Gasteiger partial charge in [0.25, 0.3) is 11.6 Å². The number of nitro benzene ring substituents is 1. The molecular formula is C25H26N8O4S3. The van der Waals surface area contributed by atoms with Crippen LogP contribution in [0.5, 0.6) is 0 Å². The van der Waals surface area contributed by atoms with Crippen molar-refractivity contribution >= 4 is 57.5 Å². The SMILES string of the molecule is CCSc1nnc(NC(=O)CSc2nnc(CNC(=O)c3ccc(C)c([N+](=O)[O-])c3)n2-c2cccc(C)c2C)s1. The summed E-state index contributed by atoms with van der Waals surface area (Å²) >= 11 is 4.07. The van der Waals surface area contributed by atoms with Gasteiger partial charge in [-0.1, -0.05) is 60.0 Å². The van der Waals surface area contributed by atoms with Crippen molar-refractivity contribution in [1.82, 2.24) is 30.3 Å². The first kappa shape index (κ1) is 29.2. The first-order valence-electron chi connectivity index (χ1n) is 12.1. The molecule has 4 aromatic rings. The van der Waals surface area contributed by atoms with E-state index in [-0.39, 0.29) is 29.5 Å². The monoisotopic (exact) mass is 598 g/mol. The molecule has 0 aliphatic rings. The van der Waals surface area contributed by atoms with E-state index in [1.54, 1.807) is 23.3 Å². The summed E-state index contributed by atoms with van der Waals surface area (Å²) in [7, 11) is 0. The Morgan fingerprint density at radius 3 is 2.60 bits per heavy atom. The van der Waals surface area contributed by atoms with Crippen molar-refractivity contribution in [2.75, 3.05) is 16.8 Å². The number of amides is 2. The second-order valence-electron chi connectivity index (χ2n) is 8.54. The van der Waals surface area contributed by atoms with Gasteiger partial charge < -0.3 is 5.32 Å². The molecule has 0 bridgehead atoms. The molecule has 15 heteroatoms. The molecular weight excluding hydrogens is 573 g/mol. The van der Waals surface area contributed by atoms with Gasteiger partial charge in [-0.05, 0) is 49.8 Å². The summed E-state index contributed by atoms with van der Waals surface area (Å²) in [5.41, 5.74) is 3.36. The topological polar surface area (TPSA) is 158 Å². The Bertz CT molecular complexity index is 1570. The quantitative estimate of drug-likeness (QED) is 0.107. The molecule has 12 nitrogen and oxygen atoms in total. The van der Waals surface area contributed by atoms with Gasteiger partial charge in [-0.25, -0.2) is 0 Å². The highest BCUT2D eigenvalue weighted by Gasteiger charge is 2.20. The van der Waals surface area contributed by atoms with Gasteiger partial charge in [0.05, 0.1) is 22.9 Å². The number of hydrogen-bond donors (Lipinski definition) is 2. The molecule has 2 N–H and O–H groups in total. The van der Waals surface area contributed by atoms with Crippen LogP contribution in [0.4, 0.5) is 10.8 Å². The third kappa shape index (κ3) is 6.84. The maximum absolute atomic E-state index is 12.9. The zero-order valence-electron chi connectivity index (χ0n) is 22.1. The molecule has 208 valence electrons. The number of nitrogens with zero attached hydrogens (tertiary/aromatic N) is 6. The predicted octanol–water partition coefficient (Wildman–Crippen LogP) is 4.73. The normalized spacial score (nSPS) is 10.9. The van der Waals surface area contributed by atoms with Crippen molar-refractivity contribution in [1.29, 1.82) is 0 Å². The first-order chi connectivity index (χ1) is 19.2. The number of nitro groups is 1. The lowest BCUT2D eigenvalue weighted by Crippen LogP contribution is -2.25. The molecule has 0 aliphatic carbocycles. The van der Waals surface area contributed by atoms with Crippen LogP contribution in [-0.4, -0.2) is 53.2 Å². The molecule has 40 heavy (non-hydrogen) atoms. The number of benzene rings is 2. The van der Waals surface area contributed by atoms with E-state index in [9.17, 15) is 19.7 Å². The third-order valence-electron chi connectivity index (χ3n) is 5.85. The third-order valence-corrected chi connectivity index (χ3v) is 8.63. The number of aryl methyl sites for hydroxylation is 2. The van der Waals surface area contributed by atoms with Gasteiger partial charge in [0.15, 0.2) is 15.3 Å². The lowest BCUT2D eigenvalue weighted by atomic mass is 10.1. The highest BCUT2D eigenvalue weighted by molar-refractivity contribution is 8.01. The summed E-state index contributed by atoms with van der Waals surface area (Å²) < 4.78 is 2.59. The molecule has 4 rings (SSSR count). The smallest absolute Gasteiger partial charge is 0.273 e. The molecule has 0 saturated heterocycles. The first-order valence-corrected chi connectivity index (χ1v) is 14.9. The molecule has 2 aromatic heterocycles. The van der Waals surface area contributed by atoms with E-state index in [1.165, 1.54) is 41.3 Å². The summed E-state index contributed by atoms with van der Waals surface area (Å²) in [5, 5.41) is 34.4. The highest BCUT2D eigenvalue weighted by Crippen LogP contribution is 2.28. The summed E-state index contributed by atoms with van der Waals surface area (Å²) in [4.78, 5) is 36.3. The molecule has 0 aliphatic heterocycles. The lowest BCUT2D eigenvalue weighted by molar-refractivity contribution is -0.385. The Kier molecular flexibility index (Phi) is 9.50. The minimum Gasteiger partial charge on any atom is -0.345 e. The van der Waals surface area contributed by atoms with Crippen molar-refractivity contribution in [2.24, 2.45) is 0 Å². The van der Waals surface area contributed by atoms with E-state index >= 15 is 0 Å².